The molecule has 10 heteroatoms. The van der Waals surface area contributed by atoms with E-state index in [-0.39, 0.29) is 25.9 Å². The Hall–Kier alpha value is -2.00. The van der Waals surface area contributed by atoms with Crippen LogP contribution in [0.1, 0.15) is 12.8 Å². The highest BCUT2D eigenvalue weighted by atomic mass is 19.4. The third kappa shape index (κ3) is 5.12. The van der Waals surface area contributed by atoms with Crippen LogP contribution in [0.15, 0.2) is 0 Å². The normalized spacial score (nSPS) is 16.6. The Kier molecular flexibility index (Phi) is 5.39. The summed E-state index contributed by atoms with van der Waals surface area (Å²) in [6, 6.07) is -0.795. The second kappa shape index (κ2) is 6.64. The van der Waals surface area contributed by atoms with Gasteiger partial charge in [0.25, 0.3) is 0 Å². The zero-order valence-electron chi connectivity index (χ0n) is 11.1. The van der Waals surface area contributed by atoms with Gasteiger partial charge in [-0.15, -0.1) is 0 Å². The largest absolute Gasteiger partial charge is 0.480 e. The molecule has 0 bridgehead atoms. The first-order valence-electron chi connectivity index (χ1n) is 6.22. The summed E-state index contributed by atoms with van der Waals surface area (Å²) in [5.41, 5.74) is 4.92. The predicted molar refractivity (Wildman–Crippen MR) is 64.2 cm³/mol. The molecule has 0 atom stereocenters. The Morgan fingerprint density at radius 2 is 1.71 bits per heavy atom. The summed E-state index contributed by atoms with van der Waals surface area (Å²) in [6.07, 6.45) is -4.79. The molecule has 1 aliphatic rings. The molecular formula is C11H16F3N3O4. The van der Waals surface area contributed by atoms with Crippen LogP contribution in [0.4, 0.5) is 18.0 Å². The molecule has 1 fully saturated rings. The molecule has 0 spiro atoms. The average molecular weight is 311 g/mol. The molecule has 1 aliphatic heterocycles. The van der Waals surface area contributed by atoms with Crippen molar-refractivity contribution >= 4 is 17.9 Å². The van der Waals surface area contributed by atoms with Crippen molar-refractivity contribution in [3.63, 3.8) is 0 Å². The molecular weight excluding hydrogens is 295 g/mol. The number of hydrogen-bond acceptors (Lipinski definition) is 3. The maximum absolute atomic E-state index is 12.5. The number of primary amides is 1. The third-order valence-corrected chi connectivity index (χ3v) is 3.17. The van der Waals surface area contributed by atoms with Crippen LogP contribution in [0.5, 0.6) is 0 Å². The van der Waals surface area contributed by atoms with E-state index in [1.54, 1.807) is 0 Å². The van der Waals surface area contributed by atoms with Gasteiger partial charge in [-0.25, -0.2) is 4.79 Å². The van der Waals surface area contributed by atoms with E-state index in [1.807, 2.05) is 0 Å². The van der Waals surface area contributed by atoms with Crippen LogP contribution in [-0.4, -0.2) is 65.2 Å². The summed E-state index contributed by atoms with van der Waals surface area (Å²) < 4.78 is 37.6. The highest BCUT2D eigenvalue weighted by molar-refractivity contribution is 5.86. The number of urea groups is 1. The predicted octanol–water partition coefficient (Wildman–Crippen LogP) is 0.253. The Labute approximate surface area is 118 Å². The molecule has 0 aromatic heterocycles. The fourth-order valence-corrected chi connectivity index (χ4v) is 2.14. The standard InChI is InChI=1S/C11H16F3N3O4/c12-11(13,14)7-1-3-16(4-2-7)10(21)17(5-8(15)18)6-9(19)20/h7H,1-6H2,(H2,15,18)(H,19,20). The lowest BCUT2D eigenvalue weighted by Crippen LogP contribution is -2.51. The van der Waals surface area contributed by atoms with Gasteiger partial charge >= 0.3 is 18.2 Å². The minimum absolute atomic E-state index is 0.141. The van der Waals surface area contributed by atoms with Crippen LogP contribution in [0.25, 0.3) is 0 Å². The molecule has 0 radical (unpaired) electrons. The molecule has 0 aliphatic carbocycles. The molecule has 1 rings (SSSR count). The van der Waals surface area contributed by atoms with E-state index in [4.69, 9.17) is 10.8 Å². The number of rotatable bonds is 4. The number of likely N-dealkylation sites (tertiary alicyclic amines) is 1. The maximum atomic E-state index is 12.5. The summed E-state index contributed by atoms with van der Waals surface area (Å²) in [4.78, 5) is 35.3. The summed E-state index contributed by atoms with van der Waals surface area (Å²) in [7, 11) is 0. The molecule has 0 aromatic carbocycles. The van der Waals surface area contributed by atoms with Crippen molar-refractivity contribution in [1.82, 2.24) is 9.80 Å². The fraction of sp³-hybridized carbons (Fsp3) is 0.727. The number of alkyl halides is 3. The molecule has 3 amide bonds. The van der Waals surface area contributed by atoms with E-state index < -0.39 is 43.1 Å². The van der Waals surface area contributed by atoms with Crippen LogP contribution >= 0.6 is 0 Å². The number of nitrogens with two attached hydrogens (primary N) is 1. The Morgan fingerprint density at radius 1 is 1.19 bits per heavy atom. The second-order valence-corrected chi connectivity index (χ2v) is 4.80. The number of hydrogen-bond donors (Lipinski definition) is 2. The monoisotopic (exact) mass is 311 g/mol. The van der Waals surface area contributed by atoms with Crippen molar-refractivity contribution in [2.45, 2.75) is 19.0 Å². The van der Waals surface area contributed by atoms with E-state index in [1.165, 1.54) is 0 Å². The van der Waals surface area contributed by atoms with Gasteiger partial charge in [-0.3, -0.25) is 9.59 Å². The van der Waals surface area contributed by atoms with Gasteiger partial charge in [-0.1, -0.05) is 0 Å². The zero-order valence-corrected chi connectivity index (χ0v) is 11.1. The topological polar surface area (TPSA) is 104 Å². The fourth-order valence-electron chi connectivity index (χ4n) is 2.14. The minimum Gasteiger partial charge on any atom is -0.480 e. The van der Waals surface area contributed by atoms with Crippen molar-refractivity contribution in [1.29, 1.82) is 0 Å². The lowest BCUT2D eigenvalue weighted by atomic mass is 9.96. The van der Waals surface area contributed by atoms with Gasteiger partial charge < -0.3 is 20.6 Å². The molecule has 120 valence electrons. The van der Waals surface area contributed by atoms with Crippen molar-refractivity contribution < 1.29 is 32.7 Å². The van der Waals surface area contributed by atoms with E-state index in [0.29, 0.717) is 4.90 Å². The molecule has 1 saturated heterocycles. The van der Waals surface area contributed by atoms with Crippen molar-refractivity contribution in [2.24, 2.45) is 11.7 Å². The Morgan fingerprint density at radius 3 is 2.10 bits per heavy atom. The average Bonchev–Trinajstić information content (AvgIpc) is 2.35. The van der Waals surface area contributed by atoms with Crippen molar-refractivity contribution in [2.75, 3.05) is 26.2 Å². The van der Waals surface area contributed by atoms with E-state index in [0.717, 1.165) is 4.90 Å². The number of carbonyl (C=O) groups is 3. The van der Waals surface area contributed by atoms with E-state index in [9.17, 15) is 27.6 Å². The van der Waals surface area contributed by atoms with Crippen LogP contribution in [0, 0.1) is 5.92 Å². The highest BCUT2D eigenvalue weighted by Gasteiger charge is 2.42. The summed E-state index contributed by atoms with van der Waals surface area (Å²) in [6.45, 7) is -1.61. The Bertz CT molecular complexity index is 403. The number of carboxylic acids is 1. The van der Waals surface area contributed by atoms with E-state index >= 15 is 0 Å². The number of carbonyl (C=O) groups excluding carboxylic acids is 2. The smallest absolute Gasteiger partial charge is 0.391 e. The first-order chi connectivity index (χ1) is 9.61. The first kappa shape index (κ1) is 17.1. The molecule has 1 heterocycles. The quantitative estimate of drug-likeness (QED) is 0.776. The van der Waals surface area contributed by atoms with Gasteiger partial charge in [0.2, 0.25) is 5.91 Å². The van der Waals surface area contributed by atoms with Crippen molar-refractivity contribution in [3.05, 3.63) is 0 Å². The van der Waals surface area contributed by atoms with E-state index in [2.05, 4.69) is 0 Å². The molecule has 0 saturated carbocycles. The van der Waals surface area contributed by atoms with Gasteiger partial charge in [0.1, 0.15) is 13.1 Å². The summed E-state index contributed by atoms with van der Waals surface area (Å²) in [5, 5.41) is 8.68. The zero-order chi connectivity index (χ0) is 16.2. The number of piperidine rings is 1. The molecule has 0 aromatic rings. The lowest BCUT2D eigenvalue weighted by molar-refractivity contribution is -0.183. The van der Waals surface area contributed by atoms with Gasteiger partial charge in [-0.05, 0) is 12.8 Å². The molecule has 7 nitrogen and oxygen atoms in total. The lowest BCUT2D eigenvalue weighted by Gasteiger charge is -2.35. The number of carboxylic acid groups (broad SMARTS) is 1. The number of nitrogens with zero attached hydrogens (tertiary/aromatic N) is 2. The summed E-state index contributed by atoms with van der Waals surface area (Å²) in [5.74, 6) is -3.70. The van der Waals surface area contributed by atoms with Gasteiger partial charge in [-0.2, -0.15) is 13.2 Å². The SMILES string of the molecule is NC(=O)CN(CC(=O)O)C(=O)N1CCC(C(F)(F)F)CC1. The van der Waals surface area contributed by atoms with Crippen molar-refractivity contribution in [3.8, 4) is 0 Å². The molecule has 21 heavy (non-hydrogen) atoms. The molecule has 0 unspecified atom stereocenters. The van der Waals surface area contributed by atoms with Gasteiger partial charge in [0.15, 0.2) is 0 Å². The maximum Gasteiger partial charge on any atom is 0.391 e. The van der Waals surface area contributed by atoms with Gasteiger partial charge in [0.05, 0.1) is 5.92 Å². The van der Waals surface area contributed by atoms with Crippen LogP contribution in [0.2, 0.25) is 0 Å². The second-order valence-electron chi connectivity index (χ2n) is 4.80. The Balaban J connectivity index is 2.65. The highest BCUT2D eigenvalue weighted by Crippen LogP contribution is 2.34. The number of halogens is 3. The van der Waals surface area contributed by atoms with Crippen LogP contribution in [0.3, 0.4) is 0 Å². The first-order valence-corrected chi connectivity index (χ1v) is 6.22. The van der Waals surface area contributed by atoms with Crippen LogP contribution in [-0.2, 0) is 9.59 Å². The number of aliphatic carboxylic acids is 1. The third-order valence-electron chi connectivity index (χ3n) is 3.17. The summed E-state index contributed by atoms with van der Waals surface area (Å²) >= 11 is 0. The molecule has 3 N–H and O–H groups in total. The number of amides is 3. The minimum atomic E-state index is -4.30. The van der Waals surface area contributed by atoms with Crippen LogP contribution < -0.4 is 5.73 Å². The van der Waals surface area contributed by atoms with Gasteiger partial charge in [0, 0.05) is 13.1 Å².